The SMILES string of the molecule is Cn1c(=O)n(C2CCC(=O)NC2=O)c2ccc(CCC3OCCO3)cc21. The van der Waals surface area contributed by atoms with E-state index in [2.05, 4.69) is 5.32 Å². The highest BCUT2D eigenvalue weighted by Gasteiger charge is 2.31. The maximum atomic E-state index is 12.7. The van der Waals surface area contributed by atoms with E-state index in [0.717, 1.165) is 23.9 Å². The van der Waals surface area contributed by atoms with Crippen molar-refractivity contribution in [1.82, 2.24) is 14.5 Å². The molecule has 26 heavy (non-hydrogen) atoms. The molecule has 0 bridgehead atoms. The summed E-state index contributed by atoms with van der Waals surface area (Å²) in [6, 6.07) is 5.13. The molecule has 1 aromatic carbocycles. The van der Waals surface area contributed by atoms with Gasteiger partial charge in [-0.2, -0.15) is 0 Å². The summed E-state index contributed by atoms with van der Waals surface area (Å²) in [5, 5.41) is 2.32. The van der Waals surface area contributed by atoms with Crippen molar-refractivity contribution in [3.63, 3.8) is 0 Å². The molecule has 2 saturated heterocycles. The van der Waals surface area contributed by atoms with Gasteiger partial charge in [0.15, 0.2) is 6.29 Å². The van der Waals surface area contributed by atoms with Gasteiger partial charge in [-0.1, -0.05) is 6.07 Å². The molecule has 0 aliphatic carbocycles. The Bertz CT molecular complexity index is 923. The number of carbonyl (C=O) groups is 2. The summed E-state index contributed by atoms with van der Waals surface area (Å²) < 4.78 is 13.9. The molecule has 1 N–H and O–H groups in total. The van der Waals surface area contributed by atoms with Gasteiger partial charge in [0.2, 0.25) is 11.8 Å². The van der Waals surface area contributed by atoms with Crippen molar-refractivity contribution in [3.05, 3.63) is 34.2 Å². The lowest BCUT2D eigenvalue weighted by Crippen LogP contribution is -2.44. The Kier molecular flexibility index (Phi) is 4.37. The number of aromatic nitrogens is 2. The molecule has 1 aromatic heterocycles. The van der Waals surface area contributed by atoms with Crippen molar-refractivity contribution in [3.8, 4) is 0 Å². The molecule has 0 spiro atoms. The Morgan fingerprint density at radius 2 is 1.92 bits per heavy atom. The molecule has 2 aliphatic heterocycles. The Balaban J connectivity index is 1.65. The predicted octanol–water partition coefficient (Wildman–Crippen LogP) is 0.623. The highest BCUT2D eigenvalue weighted by Crippen LogP contribution is 2.24. The quantitative estimate of drug-likeness (QED) is 0.808. The van der Waals surface area contributed by atoms with Gasteiger partial charge in [0.25, 0.3) is 0 Å². The largest absolute Gasteiger partial charge is 0.350 e. The zero-order valence-electron chi connectivity index (χ0n) is 14.6. The fourth-order valence-corrected chi connectivity index (χ4v) is 3.65. The van der Waals surface area contributed by atoms with E-state index in [1.54, 1.807) is 11.6 Å². The summed E-state index contributed by atoms with van der Waals surface area (Å²) >= 11 is 0. The van der Waals surface area contributed by atoms with Crippen molar-refractivity contribution in [2.24, 2.45) is 7.05 Å². The van der Waals surface area contributed by atoms with E-state index in [0.29, 0.717) is 25.2 Å². The zero-order valence-corrected chi connectivity index (χ0v) is 14.6. The van der Waals surface area contributed by atoms with Crippen molar-refractivity contribution in [2.75, 3.05) is 13.2 Å². The molecule has 2 fully saturated rings. The molecule has 0 saturated carbocycles. The van der Waals surface area contributed by atoms with Crippen LogP contribution in [0.4, 0.5) is 0 Å². The van der Waals surface area contributed by atoms with Crippen LogP contribution in [0.15, 0.2) is 23.0 Å². The number of piperidine rings is 1. The Hall–Kier alpha value is -2.45. The Morgan fingerprint density at radius 1 is 1.15 bits per heavy atom. The standard InChI is InChI=1S/C18H21N3O5/c1-20-14-10-11(3-7-16-25-8-9-26-16)2-4-12(14)21(18(20)24)13-5-6-15(22)19-17(13)23/h2,4,10,13,16H,3,5-9H2,1H3,(H,19,22,23). The first-order valence-corrected chi connectivity index (χ1v) is 8.81. The molecule has 8 nitrogen and oxygen atoms in total. The minimum atomic E-state index is -0.657. The van der Waals surface area contributed by atoms with Crippen LogP contribution in [0.5, 0.6) is 0 Å². The lowest BCUT2D eigenvalue weighted by Gasteiger charge is -2.21. The first-order valence-electron chi connectivity index (χ1n) is 8.81. The van der Waals surface area contributed by atoms with E-state index in [4.69, 9.17) is 9.47 Å². The van der Waals surface area contributed by atoms with Crippen LogP contribution < -0.4 is 11.0 Å². The molecule has 2 aromatic rings. The average Bonchev–Trinajstić information content (AvgIpc) is 3.22. The summed E-state index contributed by atoms with van der Waals surface area (Å²) in [7, 11) is 1.69. The van der Waals surface area contributed by atoms with E-state index in [-0.39, 0.29) is 24.3 Å². The van der Waals surface area contributed by atoms with Gasteiger partial charge >= 0.3 is 5.69 Å². The second-order valence-electron chi connectivity index (χ2n) is 6.71. The molecule has 8 heteroatoms. The van der Waals surface area contributed by atoms with Gasteiger partial charge in [-0.25, -0.2) is 4.79 Å². The summed E-state index contributed by atoms with van der Waals surface area (Å²) in [6.07, 6.45) is 1.94. The van der Waals surface area contributed by atoms with Gasteiger partial charge in [0.1, 0.15) is 6.04 Å². The van der Waals surface area contributed by atoms with Crippen LogP contribution in [-0.4, -0.2) is 40.5 Å². The third-order valence-electron chi connectivity index (χ3n) is 5.04. The summed E-state index contributed by atoms with van der Waals surface area (Å²) in [4.78, 5) is 36.3. The topological polar surface area (TPSA) is 91.6 Å². The minimum absolute atomic E-state index is 0.164. The predicted molar refractivity (Wildman–Crippen MR) is 92.6 cm³/mol. The second-order valence-corrected chi connectivity index (χ2v) is 6.71. The van der Waals surface area contributed by atoms with Crippen molar-refractivity contribution in [2.45, 2.75) is 38.0 Å². The second kappa shape index (κ2) is 6.69. The molecular formula is C18H21N3O5. The van der Waals surface area contributed by atoms with E-state index >= 15 is 0 Å². The molecule has 1 atom stereocenters. The van der Waals surface area contributed by atoms with Crippen molar-refractivity contribution < 1.29 is 19.1 Å². The number of ether oxygens (including phenoxy) is 2. The number of imidazole rings is 1. The average molecular weight is 359 g/mol. The lowest BCUT2D eigenvalue weighted by atomic mass is 10.1. The van der Waals surface area contributed by atoms with Crippen LogP contribution >= 0.6 is 0 Å². The summed E-state index contributed by atoms with van der Waals surface area (Å²) in [6.45, 7) is 1.26. The van der Waals surface area contributed by atoms with E-state index in [9.17, 15) is 14.4 Å². The van der Waals surface area contributed by atoms with Crippen LogP contribution in [0, 0.1) is 0 Å². The number of rotatable bonds is 4. The third-order valence-corrected chi connectivity index (χ3v) is 5.04. The molecular weight excluding hydrogens is 338 g/mol. The highest BCUT2D eigenvalue weighted by atomic mass is 16.7. The highest BCUT2D eigenvalue weighted by molar-refractivity contribution is 6.00. The molecule has 138 valence electrons. The Labute approximate surface area is 149 Å². The fourth-order valence-electron chi connectivity index (χ4n) is 3.65. The van der Waals surface area contributed by atoms with Crippen LogP contribution in [0.3, 0.4) is 0 Å². The number of imide groups is 1. The summed E-state index contributed by atoms with van der Waals surface area (Å²) in [5.41, 5.74) is 2.29. The molecule has 3 heterocycles. The first kappa shape index (κ1) is 17.0. The number of aryl methyl sites for hydroxylation is 2. The minimum Gasteiger partial charge on any atom is -0.350 e. The normalized spacial score (nSPS) is 21.5. The molecule has 2 amide bonds. The number of benzene rings is 1. The van der Waals surface area contributed by atoms with Gasteiger partial charge in [-0.3, -0.25) is 24.0 Å². The van der Waals surface area contributed by atoms with E-state index in [1.165, 1.54) is 4.57 Å². The maximum absolute atomic E-state index is 12.7. The van der Waals surface area contributed by atoms with Gasteiger partial charge < -0.3 is 9.47 Å². The number of fused-ring (bicyclic) bond motifs is 1. The van der Waals surface area contributed by atoms with Crippen molar-refractivity contribution >= 4 is 22.8 Å². The molecule has 1 unspecified atom stereocenters. The van der Waals surface area contributed by atoms with E-state index < -0.39 is 11.9 Å². The third kappa shape index (κ3) is 2.95. The van der Waals surface area contributed by atoms with Crippen LogP contribution in [0.1, 0.15) is 30.9 Å². The van der Waals surface area contributed by atoms with Gasteiger partial charge in [0.05, 0.1) is 24.2 Å². The number of hydrogen-bond donors (Lipinski definition) is 1. The fraction of sp³-hybridized carbons (Fsp3) is 0.500. The number of hydrogen-bond acceptors (Lipinski definition) is 5. The Morgan fingerprint density at radius 3 is 2.65 bits per heavy atom. The smallest absolute Gasteiger partial charge is 0.329 e. The summed E-state index contributed by atoms with van der Waals surface area (Å²) in [5.74, 6) is -0.714. The number of nitrogens with zero attached hydrogens (tertiary/aromatic N) is 2. The van der Waals surface area contributed by atoms with Crippen LogP contribution in [-0.2, 0) is 32.5 Å². The van der Waals surface area contributed by atoms with E-state index in [1.807, 2.05) is 18.2 Å². The number of nitrogens with one attached hydrogen (secondary N) is 1. The van der Waals surface area contributed by atoms with Gasteiger partial charge in [0, 0.05) is 19.9 Å². The van der Waals surface area contributed by atoms with Crippen LogP contribution in [0.25, 0.3) is 11.0 Å². The molecule has 2 aliphatic rings. The molecule has 4 rings (SSSR count). The van der Waals surface area contributed by atoms with Gasteiger partial charge in [-0.15, -0.1) is 0 Å². The number of carbonyl (C=O) groups excluding carboxylic acids is 2. The maximum Gasteiger partial charge on any atom is 0.329 e. The van der Waals surface area contributed by atoms with Crippen LogP contribution in [0.2, 0.25) is 0 Å². The molecule has 0 radical (unpaired) electrons. The monoisotopic (exact) mass is 359 g/mol. The first-order chi connectivity index (χ1) is 12.5. The number of amides is 2. The zero-order chi connectivity index (χ0) is 18.3. The lowest BCUT2D eigenvalue weighted by molar-refractivity contribution is -0.135. The van der Waals surface area contributed by atoms with Crippen molar-refractivity contribution in [1.29, 1.82) is 0 Å². The van der Waals surface area contributed by atoms with Gasteiger partial charge in [-0.05, 0) is 30.5 Å².